The number of hydrogen-bond acceptors (Lipinski definition) is 2. The summed E-state index contributed by atoms with van der Waals surface area (Å²) < 4.78 is 3.47. The Balaban J connectivity index is 2.49. The van der Waals surface area contributed by atoms with E-state index in [1.54, 1.807) is 4.68 Å². The zero-order chi connectivity index (χ0) is 10.8. The molecular formula is C10H8Br2N3. The predicted octanol–water partition coefficient (Wildman–Crippen LogP) is 2.66. The summed E-state index contributed by atoms with van der Waals surface area (Å²) >= 11 is 6.75. The van der Waals surface area contributed by atoms with Gasteiger partial charge in [0.1, 0.15) is 9.21 Å². The summed E-state index contributed by atoms with van der Waals surface area (Å²) in [6.07, 6.45) is 0. The second-order valence-corrected chi connectivity index (χ2v) is 4.60. The first-order valence-electron chi connectivity index (χ1n) is 4.33. The van der Waals surface area contributed by atoms with Crippen LogP contribution in [0.1, 0.15) is 5.56 Å². The van der Waals surface area contributed by atoms with Crippen LogP contribution in [0.4, 0.5) is 0 Å². The smallest absolute Gasteiger partial charge is 0.129 e. The number of aromatic nitrogens is 2. The number of nitrogens with two attached hydrogens (primary N) is 1. The molecule has 0 saturated heterocycles. The molecular weight excluding hydrogens is 322 g/mol. The van der Waals surface area contributed by atoms with Crippen molar-refractivity contribution >= 4 is 31.9 Å². The third kappa shape index (κ3) is 2.30. The molecule has 1 radical (unpaired) electrons. The summed E-state index contributed by atoms with van der Waals surface area (Å²) in [4.78, 5) is 0. The number of halogens is 2. The van der Waals surface area contributed by atoms with Crippen molar-refractivity contribution in [1.82, 2.24) is 9.78 Å². The third-order valence-corrected chi connectivity index (χ3v) is 2.90. The van der Waals surface area contributed by atoms with E-state index < -0.39 is 0 Å². The van der Waals surface area contributed by atoms with E-state index in [1.807, 2.05) is 24.3 Å². The molecule has 3 nitrogen and oxygen atoms in total. The van der Waals surface area contributed by atoms with E-state index in [2.05, 4.69) is 43.0 Å². The summed E-state index contributed by atoms with van der Waals surface area (Å²) in [5, 5.41) is 4.29. The lowest BCUT2D eigenvalue weighted by Gasteiger charge is -2.04. The molecule has 0 aliphatic carbocycles. The summed E-state index contributed by atoms with van der Waals surface area (Å²) in [5.41, 5.74) is 7.49. The van der Waals surface area contributed by atoms with Gasteiger partial charge in [-0.2, -0.15) is 5.10 Å². The van der Waals surface area contributed by atoms with Gasteiger partial charge in [-0.05, 0) is 55.6 Å². The van der Waals surface area contributed by atoms with Gasteiger partial charge in [0.25, 0.3) is 0 Å². The molecule has 0 bridgehead atoms. The lowest BCUT2D eigenvalue weighted by Crippen LogP contribution is -2.01. The van der Waals surface area contributed by atoms with E-state index >= 15 is 0 Å². The maximum atomic E-state index is 5.56. The van der Waals surface area contributed by atoms with Crippen molar-refractivity contribution in [2.24, 2.45) is 5.73 Å². The third-order valence-electron chi connectivity index (χ3n) is 1.95. The van der Waals surface area contributed by atoms with Crippen LogP contribution in [0.25, 0.3) is 5.69 Å². The van der Waals surface area contributed by atoms with Gasteiger partial charge in [-0.3, -0.25) is 0 Å². The molecule has 77 valence electrons. The van der Waals surface area contributed by atoms with Crippen LogP contribution >= 0.6 is 31.9 Å². The van der Waals surface area contributed by atoms with E-state index in [0.29, 0.717) is 6.54 Å². The van der Waals surface area contributed by atoms with Gasteiger partial charge in [0.15, 0.2) is 0 Å². The van der Waals surface area contributed by atoms with Crippen molar-refractivity contribution in [2.75, 3.05) is 0 Å². The first kappa shape index (κ1) is 10.9. The lowest BCUT2D eigenvalue weighted by molar-refractivity contribution is 0.848. The molecule has 15 heavy (non-hydrogen) atoms. The Morgan fingerprint density at radius 1 is 1.40 bits per heavy atom. The van der Waals surface area contributed by atoms with E-state index in [9.17, 15) is 0 Å². The Morgan fingerprint density at radius 2 is 2.20 bits per heavy atom. The van der Waals surface area contributed by atoms with Crippen LogP contribution in [-0.4, -0.2) is 9.78 Å². The molecule has 0 saturated carbocycles. The minimum atomic E-state index is 0.480. The SMILES string of the molecule is NCc1[c]ccc(-n2nc(Br)cc2Br)c1. The van der Waals surface area contributed by atoms with Crippen LogP contribution in [0.2, 0.25) is 0 Å². The highest BCUT2D eigenvalue weighted by Gasteiger charge is 2.05. The summed E-state index contributed by atoms with van der Waals surface area (Å²) in [6, 6.07) is 10.7. The lowest BCUT2D eigenvalue weighted by atomic mass is 10.2. The van der Waals surface area contributed by atoms with Gasteiger partial charge in [0.05, 0.1) is 5.69 Å². The second kappa shape index (κ2) is 4.47. The zero-order valence-electron chi connectivity index (χ0n) is 7.74. The molecule has 2 aromatic rings. The number of nitrogens with zero attached hydrogens (tertiary/aromatic N) is 2. The monoisotopic (exact) mass is 328 g/mol. The largest absolute Gasteiger partial charge is 0.326 e. The molecule has 0 aliphatic rings. The van der Waals surface area contributed by atoms with Gasteiger partial charge in [-0.15, -0.1) is 0 Å². The van der Waals surface area contributed by atoms with Crippen LogP contribution in [0.5, 0.6) is 0 Å². The maximum Gasteiger partial charge on any atom is 0.129 e. The van der Waals surface area contributed by atoms with Gasteiger partial charge < -0.3 is 5.73 Å². The van der Waals surface area contributed by atoms with Gasteiger partial charge in [-0.25, -0.2) is 4.68 Å². The highest BCUT2D eigenvalue weighted by molar-refractivity contribution is 9.11. The number of hydrogen-bond donors (Lipinski definition) is 1. The predicted molar refractivity (Wildman–Crippen MR) is 65.7 cm³/mol. The fraction of sp³-hybridized carbons (Fsp3) is 0.100. The minimum Gasteiger partial charge on any atom is -0.326 e. The molecule has 0 amide bonds. The summed E-state index contributed by atoms with van der Waals surface area (Å²) in [7, 11) is 0. The molecule has 1 aromatic heterocycles. The zero-order valence-corrected chi connectivity index (χ0v) is 10.9. The van der Waals surface area contributed by atoms with Crippen molar-refractivity contribution in [1.29, 1.82) is 0 Å². The van der Waals surface area contributed by atoms with Crippen molar-refractivity contribution < 1.29 is 0 Å². The summed E-state index contributed by atoms with van der Waals surface area (Å²) in [6.45, 7) is 0.480. The number of benzene rings is 1. The highest BCUT2D eigenvalue weighted by atomic mass is 79.9. The Kier molecular flexibility index (Phi) is 3.23. The first-order valence-corrected chi connectivity index (χ1v) is 5.91. The molecule has 5 heteroatoms. The quantitative estimate of drug-likeness (QED) is 0.920. The standard InChI is InChI=1S/C10H8Br2N3/c11-9-5-10(12)15(14-9)8-3-1-2-7(4-8)6-13/h1,3-5H,6,13H2. The van der Waals surface area contributed by atoms with Crippen molar-refractivity contribution in [3.8, 4) is 5.69 Å². The van der Waals surface area contributed by atoms with E-state index in [-0.39, 0.29) is 0 Å². The molecule has 1 heterocycles. The van der Waals surface area contributed by atoms with Gasteiger partial charge in [0, 0.05) is 12.6 Å². The van der Waals surface area contributed by atoms with Crippen LogP contribution in [0, 0.1) is 6.07 Å². The van der Waals surface area contributed by atoms with Crippen molar-refractivity contribution in [3.05, 3.63) is 45.1 Å². The normalized spacial score (nSPS) is 10.6. The average Bonchev–Trinajstić information content (AvgIpc) is 2.58. The van der Waals surface area contributed by atoms with Crippen LogP contribution < -0.4 is 5.73 Å². The molecule has 0 unspecified atom stereocenters. The molecule has 2 N–H and O–H groups in total. The molecule has 2 rings (SSSR count). The maximum absolute atomic E-state index is 5.56. The Bertz CT molecular complexity index is 479. The van der Waals surface area contributed by atoms with Crippen LogP contribution in [0.15, 0.2) is 33.5 Å². The van der Waals surface area contributed by atoms with Crippen LogP contribution in [-0.2, 0) is 6.54 Å². The van der Waals surface area contributed by atoms with Crippen LogP contribution in [0.3, 0.4) is 0 Å². The fourth-order valence-corrected chi connectivity index (χ4v) is 2.45. The van der Waals surface area contributed by atoms with Gasteiger partial charge >= 0.3 is 0 Å². The molecule has 0 spiro atoms. The number of rotatable bonds is 2. The fourth-order valence-electron chi connectivity index (χ4n) is 1.26. The Labute approximate surface area is 105 Å². The minimum absolute atomic E-state index is 0.480. The molecule has 0 aliphatic heterocycles. The van der Waals surface area contributed by atoms with E-state index in [1.165, 1.54) is 0 Å². The second-order valence-electron chi connectivity index (χ2n) is 2.98. The topological polar surface area (TPSA) is 43.8 Å². The van der Waals surface area contributed by atoms with E-state index in [4.69, 9.17) is 5.73 Å². The van der Waals surface area contributed by atoms with Crippen molar-refractivity contribution in [3.63, 3.8) is 0 Å². The van der Waals surface area contributed by atoms with Gasteiger partial charge in [-0.1, -0.05) is 6.07 Å². The molecule has 0 fully saturated rings. The highest BCUT2D eigenvalue weighted by Crippen LogP contribution is 2.21. The Morgan fingerprint density at radius 3 is 2.80 bits per heavy atom. The van der Waals surface area contributed by atoms with Crippen molar-refractivity contribution in [2.45, 2.75) is 6.54 Å². The molecule has 0 atom stereocenters. The average molecular weight is 330 g/mol. The van der Waals surface area contributed by atoms with E-state index in [0.717, 1.165) is 20.5 Å². The molecule has 1 aromatic carbocycles. The van der Waals surface area contributed by atoms with Gasteiger partial charge in [0.2, 0.25) is 0 Å². The summed E-state index contributed by atoms with van der Waals surface area (Å²) in [5.74, 6) is 0. The Hall–Kier alpha value is -0.650. The first-order chi connectivity index (χ1) is 7.20.